The Bertz CT molecular complexity index is 1160. The van der Waals surface area contributed by atoms with E-state index in [0.717, 1.165) is 5.56 Å². The van der Waals surface area contributed by atoms with Crippen LogP contribution >= 0.6 is 11.3 Å². The fourth-order valence-electron chi connectivity index (χ4n) is 3.81. The summed E-state index contributed by atoms with van der Waals surface area (Å²) in [7, 11) is 1.59. The molecule has 0 saturated carbocycles. The molecule has 3 aromatic rings. The lowest BCUT2D eigenvalue weighted by atomic mass is 9.96. The molecule has 4 rings (SSSR count). The van der Waals surface area contributed by atoms with Crippen molar-refractivity contribution in [1.82, 2.24) is 14.9 Å². The molecule has 7 nitrogen and oxygen atoms in total. The van der Waals surface area contributed by atoms with Crippen molar-refractivity contribution in [3.8, 4) is 10.6 Å². The summed E-state index contributed by atoms with van der Waals surface area (Å²) in [6.07, 6.45) is 3.81. The van der Waals surface area contributed by atoms with E-state index in [1.807, 2.05) is 30.3 Å². The predicted molar refractivity (Wildman–Crippen MR) is 121 cm³/mol. The van der Waals surface area contributed by atoms with Crippen LogP contribution < -0.4 is 0 Å². The van der Waals surface area contributed by atoms with Crippen molar-refractivity contribution in [3.05, 3.63) is 82.3 Å². The normalized spacial score (nSPS) is 16.1. The van der Waals surface area contributed by atoms with E-state index in [9.17, 15) is 14.7 Å². The summed E-state index contributed by atoms with van der Waals surface area (Å²) in [6.45, 7) is 2.56. The van der Waals surface area contributed by atoms with E-state index in [2.05, 4.69) is 9.97 Å². The molecular formula is C24H23N3O4S. The highest BCUT2D eigenvalue weighted by atomic mass is 32.1. The van der Waals surface area contributed by atoms with Crippen molar-refractivity contribution in [2.75, 3.05) is 20.3 Å². The molecule has 0 aliphatic carbocycles. The molecule has 0 bridgehead atoms. The van der Waals surface area contributed by atoms with E-state index in [4.69, 9.17) is 4.74 Å². The second-order valence-corrected chi connectivity index (χ2v) is 8.42. The van der Waals surface area contributed by atoms with Crippen LogP contribution in [0.25, 0.3) is 10.6 Å². The molecule has 1 N–H and O–H groups in total. The minimum Gasteiger partial charge on any atom is -0.503 e. The van der Waals surface area contributed by atoms with Crippen molar-refractivity contribution >= 4 is 23.0 Å². The number of ketones is 1. The van der Waals surface area contributed by atoms with Gasteiger partial charge in [-0.2, -0.15) is 0 Å². The van der Waals surface area contributed by atoms with Crippen LogP contribution in [0.4, 0.5) is 0 Å². The molecule has 0 spiro atoms. The number of pyridine rings is 1. The number of amides is 1. The summed E-state index contributed by atoms with van der Waals surface area (Å²) >= 11 is 1.26. The molecular weight excluding hydrogens is 426 g/mol. The Hall–Kier alpha value is -3.36. The van der Waals surface area contributed by atoms with E-state index in [0.29, 0.717) is 40.7 Å². The van der Waals surface area contributed by atoms with Crippen molar-refractivity contribution in [2.24, 2.45) is 0 Å². The Morgan fingerprint density at radius 1 is 1.22 bits per heavy atom. The number of carbonyl (C=O) groups excluding carboxylic acids is 2. The van der Waals surface area contributed by atoms with Crippen LogP contribution in [0.2, 0.25) is 0 Å². The van der Waals surface area contributed by atoms with Gasteiger partial charge in [0.2, 0.25) is 5.78 Å². The van der Waals surface area contributed by atoms with E-state index < -0.39 is 23.5 Å². The standard InChI is InChI=1S/C24H23N3O4S/c1-15-22(32-23(26-15)16-8-4-3-5-9-16)20(28)18-19(17-10-6-11-25-14-17)27(12-7-13-31-2)24(30)21(18)29/h3-6,8-11,14,19,29H,7,12-13H2,1-2H3. The lowest BCUT2D eigenvalue weighted by molar-refractivity contribution is -0.129. The highest BCUT2D eigenvalue weighted by Gasteiger charge is 2.44. The van der Waals surface area contributed by atoms with Gasteiger partial charge in [-0.3, -0.25) is 14.6 Å². The summed E-state index contributed by atoms with van der Waals surface area (Å²) < 4.78 is 5.11. The van der Waals surface area contributed by atoms with Crippen molar-refractivity contribution < 1.29 is 19.4 Å². The molecule has 1 atom stereocenters. The zero-order valence-electron chi connectivity index (χ0n) is 17.8. The van der Waals surface area contributed by atoms with E-state index in [1.54, 1.807) is 38.6 Å². The Morgan fingerprint density at radius 2 is 2.00 bits per heavy atom. The van der Waals surface area contributed by atoms with Crippen LogP contribution in [-0.2, 0) is 9.53 Å². The number of Topliss-reactive ketones (excluding diaryl/α,β-unsaturated/α-hetero) is 1. The van der Waals surface area contributed by atoms with E-state index >= 15 is 0 Å². The maximum Gasteiger partial charge on any atom is 0.290 e. The Morgan fingerprint density at radius 3 is 2.69 bits per heavy atom. The van der Waals surface area contributed by atoms with Crippen LogP contribution in [0.3, 0.4) is 0 Å². The van der Waals surface area contributed by atoms with Gasteiger partial charge >= 0.3 is 0 Å². The van der Waals surface area contributed by atoms with Gasteiger partial charge in [0, 0.05) is 38.2 Å². The number of carbonyl (C=O) groups is 2. The number of ether oxygens (including phenoxy) is 1. The quantitative estimate of drug-likeness (QED) is 0.411. The smallest absolute Gasteiger partial charge is 0.290 e. The van der Waals surface area contributed by atoms with Crippen LogP contribution in [0.5, 0.6) is 0 Å². The van der Waals surface area contributed by atoms with Crippen molar-refractivity contribution in [3.63, 3.8) is 0 Å². The van der Waals surface area contributed by atoms with Gasteiger partial charge in [-0.25, -0.2) is 4.98 Å². The van der Waals surface area contributed by atoms with Gasteiger partial charge in [0.1, 0.15) is 5.01 Å². The first-order valence-corrected chi connectivity index (χ1v) is 11.0. The molecule has 8 heteroatoms. The number of aryl methyl sites for hydroxylation is 1. The number of hydrogen-bond donors (Lipinski definition) is 1. The zero-order valence-corrected chi connectivity index (χ0v) is 18.6. The average molecular weight is 450 g/mol. The topological polar surface area (TPSA) is 92.6 Å². The number of rotatable bonds is 8. The first kappa shape index (κ1) is 21.9. The third-order valence-electron chi connectivity index (χ3n) is 5.32. The lowest BCUT2D eigenvalue weighted by Crippen LogP contribution is -2.32. The van der Waals surface area contributed by atoms with Gasteiger partial charge in [-0.15, -0.1) is 11.3 Å². The fourth-order valence-corrected chi connectivity index (χ4v) is 4.84. The highest BCUT2D eigenvalue weighted by molar-refractivity contribution is 7.17. The second kappa shape index (κ2) is 9.42. The molecule has 32 heavy (non-hydrogen) atoms. The maximum absolute atomic E-state index is 13.7. The van der Waals surface area contributed by atoms with Gasteiger partial charge in [-0.05, 0) is 25.0 Å². The van der Waals surface area contributed by atoms with Crippen molar-refractivity contribution in [2.45, 2.75) is 19.4 Å². The maximum atomic E-state index is 13.7. The molecule has 164 valence electrons. The number of hydrogen-bond acceptors (Lipinski definition) is 7. The van der Waals surface area contributed by atoms with Gasteiger partial charge in [0.15, 0.2) is 5.76 Å². The van der Waals surface area contributed by atoms with Gasteiger partial charge in [-0.1, -0.05) is 36.4 Å². The lowest BCUT2D eigenvalue weighted by Gasteiger charge is -2.26. The summed E-state index contributed by atoms with van der Waals surface area (Å²) in [6, 6.07) is 12.4. The summed E-state index contributed by atoms with van der Waals surface area (Å²) in [5.74, 6) is -1.48. The summed E-state index contributed by atoms with van der Waals surface area (Å²) in [5, 5.41) is 11.5. The molecule has 1 aliphatic heterocycles. The number of benzene rings is 1. The molecule has 1 unspecified atom stereocenters. The predicted octanol–water partition coefficient (Wildman–Crippen LogP) is 4.13. The molecule has 1 amide bonds. The number of methoxy groups -OCH3 is 1. The molecule has 0 saturated heterocycles. The first-order chi connectivity index (χ1) is 15.5. The Labute approximate surface area is 190 Å². The molecule has 2 aromatic heterocycles. The van der Waals surface area contributed by atoms with Crippen LogP contribution in [-0.4, -0.2) is 51.9 Å². The minimum atomic E-state index is -0.720. The zero-order chi connectivity index (χ0) is 22.7. The minimum absolute atomic E-state index is 0.0618. The van der Waals surface area contributed by atoms with Gasteiger partial charge in [0.25, 0.3) is 5.91 Å². The van der Waals surface area contributed by atoms with Crippen LogP contribution in [0, 0.1) is 6.92 Å². The fraction of sp³-hybridized carbons (Fsp3) is 0.250. The molecule has 0 radical (unpaired) electrons. The average Bonchev–Trinajstić information content (AvgIpc) is 3.33. The third-order valence-corrected chi connectivity index (χ3v) is 6.52. The largest absolute Gasteiger partial charge is 0.503 e. The molecule has 3 heterocycles. The number of aliphatic hydroxyl groups is 1. The van der Waals surface area contributed by atoms with E-state index in [1.165, 1.54) is 16.2 Å². The third kappa shape index (κ3) is 4.06. The summed E-state index contributed by atoms with van der Waals surface area (Å²) in [4.78, 5) is 37.2. The summed E-state index contributed by atoms with van der Waals surface area (Å²) in [5.41, 5.74) is 2.20. The van der Waals surface area contributed by atoms with E-state index in [-0.39, 0.29) is 5.57 Å². The van der Waals surface area contributed by atoms with Gasteiger partial charge < -0.3 is 14.7 Å². The Balaban J connectivity index is 1.74. The monoisotopic (exact) mass is 449 g/mol. The Kier molecular flexibility index (Phi) is 6.43. The van der Waals surface area contributed by atoms with Gasteiger partial charge in [0.05, 0.1) is 22.2 Å². The van der Waals surface area contributed by atoms with Crippen LogP contribution in [0.15, 0.2) is 66.2 Å². The molecule has 1 aromatic carbocycles. The number of thiazole rings is 1. The first-order valence-electron chi connectivity index (χ1n) is 10.2. The molecule has 1 aliphatic rings. The molecule has 0 fully saturated rings. The number of aromatic nitrogens is 2. The number of aliphatic hydroxyl groups excluding tert-OH is 1. The van der Waals surface area contributed by atoms with Crippen LogP contribution in [0.1, 0.15) is 33.4 Å². The number of nitrogens with zero attached hydrogens (tertiary/aromatic N) is 3. The van der Waals surface area contributed by atoms with Crippen molar-refractivity contribution in [1.29, 1.82) is 0 Å². The SMILES string of the molecule is COCCCN1C(=O)C(O)=C(C(=O)c2sc(-c3ccccc3)nc2C)C1c1cccnc1. The second-order valence-electron chi connectivity index (χ2n) is 7.42. The highest BCUT2D eigenvalue weighted by Crippen LogP contribution is 2.40.